The fraction of sp³-hybridized carbons (Fsp3) is 0.750. The molecule has 0 unspecified atom stereocenters. The van der Waals surface area contributed by atoms with Crippen LogP contribution in [0, 0.1) is 0 Å². The first-order chi connectivity index (χ1) is 7.70. The van der Waals surface area contributed by atoms with Crippen LogP contribution >= 0.6 is 23.1 Å². The number of hydrogen-bond donors (Lipinski definition) is 1. The lowest BCUT2D eigenvalue weighted by molar-refractivity contribution is 0.590. The van der Waals surface area contributed by atoms with Crippen molar-refractivity contribution in [2.24, 2.45) is 0 Å². The highest BCUT2D eigenvalue weighted by Gasteiger charge is 2.29. The predicted octanol–water partition coefficient (Wildman–Crippen LogP) is 3.38. The van der Waals surface area contributed by atoms with Gasteiger partial charge in [0.2, 0.25) is 0 Å². The molecule has 1 aliphatic rings. The lowest BCUT2D eigenvalue weighted by atomic mass is 10.2. The van der Waals surface area contributed by atoms with E-state index in [-0.39, 0.29) is 0 Å². The van der Waals surface area contributed by atoms with Crippen LogP contribution in [0.5, 0.6) is 0 Å². The average Bonchev–Trinajstić information content (AvgIpc) is 2.99. The molecule has 4 heteroatoms. The minimum absolute atomic E-state index is 0.554. The monoisotopic (exact) mass is 256 g/mol. The normalized spacial score (nSPS) is 16.0. The van der Waals surface area contributed by atoms with Crippen molar-refractivity contribution in [1.29, 1.82) is 0 Å². The van der Waals surface area contributed by atoms with Crippen LogP contribution in [-0.4, -0.2) is 17.3 Å². The van der Waals surface area contributed by atoms with Gasteiger partial charge in [0.15, 0.2) is 0 Å². The Morgan fingerprint density at radius 3 is 2.81 bits per heavy atom. The van der Waals surface area contributed by atoms with Crippen LogP contribution in [0.2, 0.25) is 0 Å². The number of thiazole rings is 1. The van der Waals surface area contributed by atoms with E-state index in [2.05, 4.69) is 25.4 Å². The number of rotatable bonds is 6. The first-order valence-electron chi connectivity index (χ1n) is 5.91. The van der Waals surface area contributed by atoms with Gasteiger partial charge in [-0.3, -0.25) is 0 Å². The van der Waals surface area contributed by atoms with Crippen molar-refractivity contribution in [3.8, 4) is 0 Å². The van der Waals surface area contributed by atoms with E-state index in [1.54, 1.807) is 0 Å². The zero-order valence-corrected chi connectivity index (χ0v) is 11.9. The van der Waals surface area contributed by atoms with Crippen LogP contribution in [-0.2, 0) is 12.3 Å². The zero-order valence-electron chi connectivity index (χ0n) is 10.2. The average molecular weight is 256 g/mol. The summed E-state index contributed by atoms with van der Waals surface area (Å²) in [7, 11) is 0. The summed E-state index contributed by atoms with van der Waals surface area (Å²) >= 11 is 3.76. The van der Waals surface area contributed by atoms with Gasteiger partial charge in [-0.05, 0) is 19.1 Å². The quantitative estimate of drug-likeness (QED) is 0.844. The van der Waals surface area contributed by atoms with E-state index in [1.807, 2.05) is 23.1 Å². The van der Waals surface area contributed by atoms with Crippen LogP contribution in [0.1, 0.15) is 48.2 Å². The lowest BCUT2D eigenvalue weighted by Crippen LogP contribution is -2.21. The Hall–Kier alpha value is -0.0600. The topological polar surface area (TPSA) is 24.9 Å². The van der Waals surface area contributed by atoms with Crippen molar-refractivity contribution in [2.45, 2.75) is 50.9 Å². The van der Waals surface area contributed by atoms with E-state index in [4.69, 9.17) is 4.98 Å². The second kappa shape index (κ2) is 5.52. The Morgan fingerprint density at radius 2 is 2.25 bits per heavy atom. The van der Waals surface area contributed by atoms with Crippen LogP contribution in [0.25, 0.3) is 0 Å². The Kier molecular flexibility index (Phi) is 4.27. The Labute approximate surface area is 106 Å². The molecule has 1 heterocycles. The van der Waals surface area contributed by atoms with E-state index < -0.39 is 0 Å². The molecule has 1 saturated carbocycles. The van der Waals surface area contributed by atoms with E-state index in [9.17, 15) is 0 Å². The number of hydrogen-bond acceptors (Lipinski definition) is 4. The van der Waals surface area contributed by atoms with Crippen molar-refractivity contribution >= 4 is 23.1 Å². The highest BCUT2D eigenvalue weighted by molar-refractivity contribution is 7.97. The summed E-state index contributed by atoms with van der Waals surface area (Å²) in [5.41, 5.74) is 1.39. The molecule has 0 radical (unpaired) electrons. The highest BCUT2D eigenvalue weighted by Crippen LogP contribution is 2.42. The first kappa shape index (κ1) is 12.4. The molecule has 0 aliphatic heterocycles. The molecule has 1 N–H and O–H groups in total. The summed E-state index contributed by atoms with van der Waals surface area (Å²) in [5.74, 6) is 1.84. The maximum absolute atomic E-state index is 4.80. The third-order valence-corrected chi connectivity index (χ3v) is 4.49. The minimum Gasteiger partial charge on any atom is -0.310 e. The summed E-state index contributed by atoms with van der Waals surface area (Å²) in [6.07, 6.45) is 4.83. The maximum atomic E-state index is 4.80. The van der Waals surface area contributed by atoms with Gasteiger partial charge in [0.05, 0.1) is 5.69 Å². The standard InChI is InChI=1S/C12H20N2S2/c1-8(2)13-6-10-12(9-4-5-9)14-11(16-10)7-15-3/h8-9,13H,4-7H2,1-3H3. The van der Waals surface area contributed by atoms with Gasteiger partial charge in [-0.25, -0.2) is 4.98 Å². The Morgan fingerprint density at radius 1 is 1.50 bits per heavy atom. The highest BCUT2D eigenvalue weighted by atomic mass is 32.2. The molecule has 16 heavy (non-hydrogen) atoms. The Balaban J connectivity index is 2.07. The first-order valence-corrected chi connectivity index (χ1v) is 8.12. The van der Waals surface area contributed by atoms with Gasteiger partial charge in [0, 0.05) is 29.1 Å². The molecule has 1 aromatic rings. The molecule has 0 saturated heterocycles. The number of nitrogens with one attached hydrogen (secondary N) is 1. The third-order valence-electron chi connectivity index (χ3n) is 2.67. The van der Waals surface area contributed by atoms with Crippen LogP contribution < -0.4 is 5.32 Å². The van der Waals surface area contributed by atoms with Crippen molar-refractivity contribution in [2.75, 3.05) is 6.26 Å². The fourth-order valence-electron chi connectivity index (χ4n) is 1.70. The van der Waals surface area contributed by atoms with Crippen LogP contribution in [0.4, 0.5) is 0 Å². The largest absolute Gasteiger partial charge is 0.310 e. The maximum Gasteiger partial charge on any atom is 0.103 e. The molecule has 0 atom stereocenters. The van der Waals surface area contributed by atoms with Gasteiger partial charge >= 0.3 is 0 Å². The molecule has 1 aromatic heterocycles. The molecular formula is C12H20N2S2. The molecule has 0 aromatic carbocycles. The molecular weight excluding hydrogens is 236 g/mol. The zero-order chi connectivity index (χ0) is 11.5. The summed E-state index contributed by atoms with van der Waals surface area (Å²) < 4.78 is 0. The summed E-state index contributed by atoms with van der Waals surface area (Å²) in [6, 6.07) is 0.554. The lowest BCUT2D eigenvalue weighted by Gasteiger charge is -2.07. The smallest absolute Gasteiger partial charge is 0.103 e. The van der Waals surface area contributed by atoms with Crippen molar-refractivity contribution in [3.63, 3.8) is 0 Å². The second-order valence-electron chi connectivity index (χ2n) is 4.66. The molecule has 90 valence electrons. The van der Waals surface area contributed by atoms with Gasteiger partial charge in [-0.1, -0.05) is 13.8 Å². The molecule has 1 fully saturated rings. The van der Waals surface area contributed by atoms with Gasteiger partial charge in [0.25, 0.3) is 0 Å². The molecule has 2 rings (SSSR count). The fourth-order valence-corrected chi connectivity index (χ4v) is 3.50. The number of thioether (sulfide) groups is 1. The number of nitrogens with zero attached hydrogens (tertiary/aromatic N) is 1. The molecule has 0 spiro atoms. The van der Waals surface area contributed by atoms with E-state index in [0.717, 1.165) is 18.2 Å². The van der Waals surface area contributed by atoms with Crippen molar-refractivity contribution < 1.29 is 0 Å². The van der Waals surface area contributed by atoms with Gasteiger partial charge in [-0.2, -0.15) is 11.8 Å². The molecule has 0 bridgehead atoms. The molecule has 1 aliphatic carbocycles. The predicted molar refractivity (Wildman–Crippen MR) is 73.3 cm³/mol. The van der Waals surface area contributed by atoms with Gasteiger partial charge in [0.1, 0.15) is 5.01 Å². The Bertz CT molecular complexity index is 343. The van der Waals surface area contributed by atoms with E-state index >= 15 is 0 Å². The minimum atomic E-state index is 0.554. The number of aromatic nitrogens is 1. The van der Waals surface area contributed by atoms with Crippen molar-refractivity contribution in [1.82, 2.24) is 10.3 Å². The summed E-state index contributed by atoms with van der Waals surface area (Å²) in [5, 5.41) is 4.80. The van der Waals surface area contributed by atoms with Crippen molar-refractivity contribution in [3.05, 3.63) is 15.6 Å². The molecule has 0 amide bonds. The van der Waals surface area contributed by atoms with Gasteiger partial charge in [-0.15, -0.1) is 11.3 Å². The molecule has 2 nitrogen and oxygen atoms in total. The third kappa shape index (κ3) is 3.22. The second-order valence-corrected chi connectivity index (χ2v) is 6.69. The van der Waals surface area contributed by atoms with Crippen LogP contribution in [0.15, 0.2) is 0 Å². The van der Waals surface area contributed by atoms with E-state index in [0.29, 0.717) is 6.04 Å². The van der Waals surface area contributed by atoms with E-state index in [1.165, 1.54) is 28.4 Å². The van der Waals surface area contributed by atoms with Gasteiger partial charge < -0.3 is 5.32 Å². The summed E-state index contributed by atoms with van der Waals surface area (Å²) in [4.78, 5) is 6.27. The SMILES string of the molecule is CSCc1nc(C2CC2)c(CNC(C)C)s1. The summed E-state index contributed by atoms with van der Waals surface area (Å²) in [6.45, 7) is 5.39. The van der Waals surface area contributed by atoms with Crippen LogP contribution in [0.3, 0.4) is 0 Å².